The molecule has 138 valence electrons. The fourth-order valence-corrected chi connectivity index (χ4v) is 3.47. The van der Waals surface area contributed by atoms with Crippen molar-refractivity contribution in [3.8, 4) is 0 Å². The van der Waals surface area contributed by atoms with Gasteiger partial charge >= 0.3 is 0 Å². The van der Waals surface area contributed by atoms with Crippen LogP contribution < -0.4 is 5.32 Å². The highest BCUT2D eigenvalue weighted by Gasteiger charge is 2.29. The number of carbonyl (C=O) groups is 1. The Hall–Kier alpha value is -2.31. The molecule has 0 saturated heterocycles. The Morgan fingerprint density at radius 1 is 1.11 bits per heavy atom. The second-order valence-corrected chi connectivity index (χ2v) is 7.79. The number of halogens is 1. The molecule has 2 aromatic carbocycles. The molecule has 1 saturated carbocycles. The van der Waals surface area contributed by atoms with Crippen LogP contribution in [0, 0.1) is 0 Å². The van der Waals surface area contributed by atoms with E-state index in [-0.39, 0.29) is 17.7 Å². The summed E-state index contributed by atoms with van der Waals surface area (Å²) in [7, 11) is 0. The zero-order valence-corrected chi connectivity index (χ0v) is 16.0. The minimum atomic E-state index is -0.249. The standard InChI is InChI=1S/C20H18ClN3O2S/c21-16-10-8-14(9-11-16)18(13-4-2-1-3-5-13)22-17(25)12-27-20-24-23-19(26-20)15-6-7-15/h1-5,8-11,15,18H,6-7,12H2,(H,22,25). The average molecular weight is 400 g/mol. The summed E-state index contributed by atoms with van der Waals surface area (Å²) in [6.07, 6.45) is 2.21. The third-order valence-corrected chi connectivity index (χ3v) is 5.39. The minimum Gasteiger partial charge on any atom is -0.416 e. The zero-order chi connectivity index (χ0) is 18.6. The van der Waals surface area contributed by atoms with E-state index >= 15 is 0 Å². The van der Waals surface area contributed by atoms with Crippen LogP contribution in [0.1, 0.15) is 41.8 Å². The summed E-state index contributed by atoms with van der Waals surface area (Å²) in [4.78, 5) is 12.5. The summed E-state index contributed by atoms with van der Waals surface area (Å²) in [5, 5.41) is 12.2. The molecule has 1 unspecified atom stereocenters. The number of aromatic nitrogens is 2. The lowest BCUT2D eigenvalue weighted by molar-refractivity contribution is -0.119. The molecule has 1 atom stereocenters. The maximum Gasteiger partial charge on any atom is 0.277 e. The van der Waals surface area contributed by atoms with Crippen molar-refractivity contribution in [1.82, 2.24) is 15.5 Å². The van der Waals surface area contributed by atoms with Gasteiger partial charge in [0.1, 0.15) is 0 Å². The molecule has 5 nitrogen and oxygen atoms in total. The van der Waals surface area contributed by atoms with Crippen molar-refractivity contribution < 1.29 is 9.21 Å². The van der Waals surface area contributed by atoms with Gasteiger partial charge in [-0.3, -0.25) is 4.79 Å². The Morgan fingerprint density at radius 3 is 2.52 bits per heavy atom. The Balaban J connectivity index is 1.43. The first-order valence-corrected chi connectivity index (χ1v) is 10.1. The van der Waals surface area contributed by atoms with Crippen molar-refractivity contribution in [2.24, 2.45) is 0 Å². The lowest BCUT2D eigenvalue weighted by atomic mass is 9.99. The van der Waals surface area contributed by atoms with E-state index in [9.17, 15) is 4.79 Å². The first-order valence-electron chi connectivity index (χ1n) is 8.75. The van der Waals surface area contributed by atoms with Crippen LogP contribution in [0.4, 0.5) is 0 Å². The summed E-state index contributed by atoms with van der Waals surface area (Å²) >= 11 is 7.26. The van der Waals surface area contributed by atoms with Crippen molar-refractivity contribution in [3.05, 3.63) is 76.6 Å². The molecular weight excluding hydrogens is 382 g/mol. The summed E-state index contributed by atoms with van der Waals surface area (Å²) in [5.74, 6) is 1.20. The number of amides is 1. The first kappa shape index (κ1) is 18.1. The van der Waals surface area contributed by atoms with Gasteiger partial charge < -0.3 is 9.73 Å². The van der Waals surface area contributed by atoms with Crippen molar-refractivity contribution >= 4 is 29.3 Å². The molecular formula is C20H18ClN3O2S. The molecule has 0 bridgehead atoms. The number of hydrogen-bond acceptors (Lipinski definition) is 5. The number of hydrogen-bond donors (Lipinski definition) is 1. The number of nitrogens with one attached hydrogen (secondary N) is 1. The molecule has 0 aliphatic heterocycles. The first-order chi connectivity index (χ1) is 13.2. The molecule has 1 aliphatic carbocycles. The van der Waals surface area contributed by atoms with Gasteiger partial charge in [-0.05, 0) is 36.1 Å². The van der Waals surface area contributed by atoms with Crippen LogP contribution >= 0.6 is 23.4 Å². The topological polar surface area (TPSA) is 68.0 Å². The van der Waals surface area contributed by atoms with Gasteiger partial charge in [-0.25, -0.2) is 0 Å². The normalized spacial score (nSPS) is 14.7. The van der Waals surface area contributed by atoms with Crippen LogP contribution in [0.15, 0.2) is 64.2 Å². The van der Waals surface area contributed by atoms with Crippen molar-refractivity contribution in [1.29, 1.82) is 0 Å². The summed E-state index contributed by atoms with van der Waals surface area (Å²) < 4.78 is 5.59. The maximum atomic E-state index is 12.5. The Kier molecular flexibility index (Phi) is 5.45. The van der Waals surface area contributed by atoms with Crippen molar-refractivity contribution in [2.45, 2.75) is 30.0 Å². The van der Waals surface area contributed by atoms with Crippen molar-refractivity contribution in [2.75, 3.05) is 5.75 Å². The van der Waals surface area contributed by atoms with Crippen molar-refractivity contribution in [3.63, 3.8) is 0 Å². The molecule has 27 heavy (non-hydrogen) atoms. The van der Waals surface area contributed by atoms with Crippen LogP contribution in [0.25, 0.3) is 0 Å². The second kappa shape index (κ2) is 8.15. The average Bonchev–Trinajstić information content (AvgIpc) is 3.44. The molecule has 1 heterocycles. The van der Waals surface area contributed by atoms with E-state index in [1.165, 1.54) is 11.8 Å². The van der Waals surface area contributed by atoms with Crippen LogP contribution in [-0.2, 0) is 4.79 Å². The van der Waals surface area contributed by atoms with Gasteiger partial charge in [-0.15, -0.1) is 10.2 Å². The summed E-state index contributed by atoms with van der Waals surface area (Å²) in [6, 6.07) is 17.1. The number of thioether (sulfide) groups is 1. The van der Waals surface area contributed by atoms with Gasteiger partial charge in [0.15, 0.2) is 0 Å². The largest absolute Gasteiger partial charge is 0.416 e. The van der Waals surface area contributed by atoms with Gasteiger partial charge in [0.25, 0.3) is 5.22 Å². The number of benzene rings is 2. The molecule has 0 radical (unpaired) electrons. The van der Waals surface area contributed by atoms with Crippen LogP contribution in [0.5, 0.6) is 0 Å². The highest BCUT2D eigenvalue weighted by molar-refractivity contribution is 7.99. The molecule has 1 aliphatic rings. The molecule has 4 rings (SSSR count). The van der Waals surface area contributed by atoms with E-state index in [1.54, 1.807) is 0 Å². The minimum absolute atomic E-state index is 0.102. The lowest BCUT2D eigenvalue weighted by Gasteiger charge is -2.19. The zero-order valence-electron chi connectivity index (χ0n) is 14.5. The Bertz CT molecular complexity index is 910. The fourth-order valence-electron chi connectivity index (χ4n) is 2.76. The summed E-state index contributed by atoms with van der Waals surface area (Å²) in [6.45, 7) is 0. The predicted molar refractivity (Wildman–Crippen MR) is 105 cm³/mol. The monoisotopic (exact) mass is 399 g/mol. The molecule has 1 N–H and O–H groups in total. The van der Waals surface area contributed by atoms with Gasteiger partial charge in [0.05, 0.1) is 11.8 Å². The lowest BCUT2D eigenvalue weighted by Crippen LogP contribution is -2.30. The Labute approximate surface area is 166 Å². The fraction of sp³-hybridized carbons (Fsp3) is 0.250. The highest BCUT2D eigenvalue weighted by atomic mass is 35.5. The number of carbonyl (C=O) groups excluding carboxylic acids is 1. The van der Waals surface area contributed by atoms with Crippen LogP contribution in [-0.4, -0.2) is 21.9 Å². The van der Waals surface area contributed by atoms with Crippen LogP contribution in [0.3, 0.4) is 0 Å². The number of rotatable bonds is 7. The van der Waals surface area contributed by atoms with Gasteiger partial charge in [0, 0.05) is 10.9 Å². The van der Waals surface area contributed by atoms with E-state index in [4.69, 9.17) is 16.0 Å². The van der Waals surface area contributed by atoms with E-state index in [2.05, 4.69) is 15.5 Å². The Morgan fingerprint density at radius 2 is 1.81 bits per heavy atom. The molecule has 3 aromatic rings. The van der Waals surface area contributed by atoms with Gasteiger partial charge in [0.2, 0.25) is 11.8 Å². The predicted octanol–water partition coefficient (Wildman–Crippen LogP) is 4.60. The molecule has 1 aromatic heterocycles. The number of nitrogens with zero attached hydrogens (tertiary/aromatic N) is 2. The van der Waals surface area contributed by atoms with E-state index in [0.29, 0.717) is 22.1 Å². The molecule has 1 fully saturated rings. The SMILES string of the molecule is O=C(CSc1nnc(C2CC2)o1)NC(c1ccccc1)c1ccc(Cl)cc1. The van der Waals surface area contributed by atoms with E-state index < -0.39 is 0 Å². The van der Waals surface area contributed by atoms with Crippen LogP contribution in [0.2, 0.25) is 5.02 Å². The third kappa shape index (κ3) is 4.70. The summed E-state index contributed by atoms with van der Waals surface area (Å²) in [5.41, 5.74) is 1.98. The smallest absolute Gasteiger partial charge is 0.277 e. The molecule has 7 heteroatoms. The second-order valence-electron chi connectivity index (χ2n) is 6.43. The van der Waals surface area contributed by atoms with E-state index in [1.807, 2.05) is 54.6 Å². The maximum absolute atomic E-state index is 12.5. The quantitative estimate of drug-likeness (QED) is 0.588. The molecule has 0 spiro atoms. The van der Waals surface area contributed by atoms with Gasteiger partial charge in [-0.1, -0.05) is 65.8 Å². The highest BCUT2D eigenvalue weighted by Crippen LogP contribution is 2.39. The van der Waals surface area contributed by atoms with E-state index in [0.717, 1.165) is 24.0 Å². The third-order valence-electron chi connectivity index (χ3n) is 4.32. The molecule has 1 amide bonds. The van der Waals surface area contributed by atoms with Gasteiger partial charge in [-0.2, -0.15) is 0 Å².